The van der Waals surface area contributed by atoms with Crippen LogP contribution in [0.1, 0.15) is 34.9 Å². The van der Waals surface area contributed by atoms with Gasteiger partial charge in [-0.05, 0) is 23.6 Å². The highest BCUT2D eigenvalue weighted by Gasteiger charge is 2.50. The van der Waals surface area contributed by atoms with E-state index in [2.05, 4.69) is 41.4 Å². The Kier molecular flexibility index (Phi) is 5.48. The molecule has 3 atom stereocenters. The fourth-order valence-electron chi connectivity index (χ4n) is 5.56. The number of hydrogen-bond acceptors (Lipinski definition) is 5. The van der Waals surface area contributed by atoms with Crippen molar-refractivity contribution in [2.24, 2.45) is 0 Å². The number of ether oxygens (including phenoxy) is 2. The van der Waals surface area contributed by atoms with Gasteiger partial charge in [0.05, 0.1) is 12.7 Å². The number of hydrogen-bond donors (Lipinski definition) is 2. The number of rotatable bonds is 5. The van der Waals surface area contributed by atoms with Crippen LogP contribution in [0.25, 0.3) is 11.1 Å². The minimum atomic E-state index is -0.920. The number of aromatic amines is 1. The predicted molar refractivity (Wildman–Crippen MR) is 135 cm³/mol. The first-order chi connectivity index (χ1) is 17.5. The molecular formula is C29H26N2O5. The van der Waals surface area contributed by atoms with Gasteiger partial charge in [0.1, 0.15) is 17.9 Å². The monoisotopic (exact) mass is 482 g/mol. The first kappa shape index (κ1) is 22.7. The Morgan fingerprint density at radius 3 is 2.22 bits per heavy atom. The lowest BCUT2D eigenvalue weighted by Crippen LogP contribution is -2.39. The van der Waals surface area contributed by atoms with Crippen molar-refractivity contribution in [2.45, 2.75) is 37.4 Å². The normalized spacial score (nSPS) is 21.8. The van der Waals surface area contributed by atoms with Crippen LogP contribution in [0.5, 0.6) is 0 Å². The number of aliphatic hydroxyl groups excluding tert-OH is 1. The van der Waals surface area contributed by atoms with E-state index in [1.807, 2.05) is 42.5 Å². The van der Waals surface area contributed by atoms with Crippen molar-refractivity contribution in [1.82, 2.24) is 9.55 Å². The first-order valence-corrected chi connectivity index (χ1v) is 12.0. The molecule has 1 saturated heterocycles. The van der Waals surface area contributed by atoms with Gasteiger partial charge >= 0.3 is 5.69 Å². The average Bonchev–Trinajstić information content (AvgIpc) is 3.44. The van der Waals surface area contributed by atoms with Crippen LogP contribution in [0.3, 0.4) is 0 Å². The van der Waals surface area contributed by atoms with Crippen LogP contribution >= 0.6 is 0 Å². The van der Waals surface area contributed by atoms with Gasteiger partial charge in [0.25, 0.3) is 5.56 Å². The van der Waals surface area contributed by atoms with Crippen molar-refractivity contribution in [3.8, 4) is 11.1 Å². The van der Waals surface area contributed by atoms with Crippen LogP contribution in [0.2, 0.25) is 0 Å². The topological polar surface area (TPSA) is 93.6 Å². The second-order valence-corrected chi connectivity index (χ2v) is 9.32. The van der Waals surface area contributed by atoms with Gasteiger partial charge in [0.15, 0.2) is 0 Å². The molecule has 6 rings (SSSR count). The molecule has 2 aliphatic rings. The lowest BCUT2D eigenvalue weighted by atomic mass is 9.83. The quantitative estimate of drug-likeness (QED) is 0.454. The molecule has 0 amide bonds. The smallest absolute Gasteiger partial charge is 0.330 e. The van der Waals surface area contributed by atoms with Gasteiger partial charge in [-0.3, -0.25) is 14.3 Å². The van der Waals surface area contributed by atoms with Crippen LogP contribution in [-0.4, -0.2) is 33.5 Å². The Hall–Kier alpha value is -3.78. The molecule has 2 N–H and O–H groups in total. The Morgan fingerprint density at radius 1 is 0.972 bits per heavy atom. The molecule has 0 spiro atoms. The summed E-state index contributed by atoms with van der Waals surface area (Å²) in [5.41, 5.74) is 3.72. The van der Waals surface area contributed by atoms with Crippen LogP contribution < -0.4 is 11.2 Å². The zero-order valence-corrected chi connectivity index (χ0v) is 19.8. The third-order valence-electron chi connectivity index (χ3n) is 7.23. The lowest BCUT2D eigenvalue weighted by molar-refractivity contribution is -0.0981. The van der Waals surface area contributed by atoms with Crippen LogP contribution in [0, 0.1) is 6.92 Å². The Bertz CT molecular complexity index is 1500. The molecule has 182 valence electrons. The summed E-state index contributed by atoms with van der Waals surface area (Å²) in [4.78, 5) is 26.8. The standard InChI is InChI=1S/C29H26N2O5/c1-18-16-31(28(34)30-27(18)33)26-15-24(25(17-32)35-26)36-29(19-9-3-2-4-10-19)22-13-7-5-11-20(22)21-12-6-8-14-23(21)29/h2-14,16,24-26,32H,15,17H2,1H3,(H,30,33,34)/t24-,25+,26+/m0/s1. The van der Waals surface area contributed by atoms with Gasteiger partial charge < -0.3 is 14.6 Å². The second-order valence-electron chi connectivity index (χ2n) is 9.32. The van der Waals surface area contributed by atoms with E-state index in [4.69, 9.17) is 9.47 Å². The number of nitrogens with one attached hydrogen (secondary N) is 1. The summed E-state index contributed by atoms with van der Waals surface area (Å²) in [6, 6.07) is 26.5. The van der Waals surface area contributed by atoms with E-state index < -0.39 is 35.3 Å². The molecule has 7 heteroatoms. The van der Waals surface area contributed by atoms with E-state index in [1.54, 1.807) is 6.92 Å². The highest BCUT2D eigenvalue weighted by atomic mass is 16.6. The number of nitrogens with zero attached hydrogens (tertiary/aromatic N) is 1. The van der Waals surface area contributed by atoms with E-state index in [1.165, 1.54) is 10.8 Å². The molecule has 1 aliphatic carbocycles. The van der Waals surface area contributed by atoms with Gasteiger partial charge in [0.2, 0.25) is 0 Å². The van der Waals surface area contributed by atoms with Crippen molar-refractivity contribution < 1.29 is 14.6 Å². The van der Waals surface area contributed by atoms with E-state index in [0.717, 1.165) is 27.8 Å². The Labute approximate surface area is 207 Å². The molecule has 0 radical (unpaired) electrons. The molecule has 0 unspecified atom stereocenters. The molecule has 4 aromatic rings. The average molecular weight is 483 g/mol. The van der Waals surface area contributed by atoms with Crippen LogP contribution in [0.4, 0.5) is 0 Å². The molecule has 0 saturated carbocycles. The van der Waals surface area contributed by atoms with Crippen LogP contribution in [-0.2, 0) is 15.1 Å². The second kappa shape index (κ2) is 8.71. The molecule has 0 bridgehead atoms. The van der Waals surface area contributed by atoms with Crippen molar-refractivity contribution in [2.75, 3.05) is 6.61 Å². The molecule has 7 nitrogen and oxygen atoms in total. The number of benzene rings is 3. The Morgan fingerprint density at radius 2 is 1.58 bits per heavy atom. The van der Waals surface area contributed by atoms with E-state index in [0.29, 0.717) is 12.0 Å². The minimum absolute atomic E-state index is 0.271. The molecule has 1 aliphatic heterocycles. The third-order valence-corrected chi connectivity index (χ3v) is 7.23. The van der Waals surface area contributed by atoms with Crippen molar-refractivity contribution in [1.29, 1.82) is 0 Å². The first-order valence-electron chi connectivity index (χ1n) is 12.0. The van der Waals surface area contributed by atoms with Gasteiger partial charge in [-0.2, -0.15) is 0 Å². The molecule has 1 fully saturated rings. The maximum absolute atomic E-state index is 12.6. The van der Waals surface area contributed by atoms with E-state index in [9.17, 15) is 14.7 Å². The maximum Gasteiger partial charge on any atom is 0.330 e. The number of H-pyrrole nitrogens is 1. The van der Waals surface area contributed by atoms with Crippen molar-refractivity contribution in [3.05, 3.63) is 128 Å². The van der Waals surface area contributed by atoms with Crippen molar-refractivity contribution >= 4 is 0 Å². The molecule has 36 heavy (non-hydrogen) atoms. The fraction of sp³-hybridized carbons (Fsp3) is 0.241. The molecule has 2 heterocycles. The molecule has 1 aromatic heterocycles. The maximum atomic E-state index is 12.6. The molecular weight excluding hydrogens is 456 g/mol. The zero-order valence-electron chi connectivity index (χ0n) is 19.8. The van der Waals surface area contributed by atoms with Gasteiger partial charge in [-0.25, -0.2) is 4.79 Å². The van der Waals surface area contributed by atoms with Crippen molar-refractivity contribution in [3.63, 3.8) is 0 Å². The number of aromatic nitrogens is 2. The summed E-state index contributed by atoms with van der Waals surface area (Å²) in [6.45, 7) is 1.37. The summed E-state index contributed by atoms with van der Waals surface area (Å²) < 4.78 is 14.6. The number of aryl methyl sites for hydroxylation is 1. The van der Waals surface area contributed by atoms with Gasteiger partial charge in [-0.15, -0.1) is 0 Å². The van der Waals surface area contributed by atoms with Gasteiger partial charge in [-0.1, -0.05) is 78.9 Å². The zero-order chi connectivity index (χ0) is 24.9. The lowest BCUT2D eigenvalue weighted by Gasteiger charge is -2.36. The summed E-state index contributed by atoms with van der Waals surface area (Å²) in [5, 5.41) is 10.2. The predicted octanol–water partition coefficient (Wildman–Crippen LogP) is 3.48. The minimum Gasteiger partial charge on any atom is -0.394 e. The highest BCUT2D eigenvalue weighted by molar-refractivity contribution is 5.82. The summed E-state index contributed by atoms with van der Waals surface area (Å²) in [7, 11) is 0. The summed E-state index contributed by atoms with van der Waals surface area (Å²) in [5.74, 6) is 0. The van der Waals surface area contributed by atoms with Crippen LogP contribution in [0.15, 0.2) is 94.6 Å². The Balaban J connectivity index is 1.48. The largest absolute Gasteiger partial charge is 0.394 e. The number of aliphatic hydroxyl groups is 1. The molecule has 3 aromatic carbocycles. The SMILES string of the molecule is Cc1cn([C@H]2C[C@H](OC3(c4ccccc4)c4ccccc4-c4ccccc43)[C@@H](CO)O2)c(=O)[nH]c1=O. The van der Waals surface area contributed by atoms with E-state index >= 15 is 0 Å². The third kappa shape index (κ3) is 3.39. The summed E-state index contributed by atoms with van der Waals surface area (Å²) in [6.07, 6.45) is -0.0474. The highest BCUT2D eigenvalue weighted by Crippen LogP contribution is 2.54. The van der Waals surface area contributed by atoms with E-state index in [-0.39, 0.29) is 6.61 Å². The number of fused-ring (bicyclic) bond motifs is 3. The van der Waals surface area contributed by atoms with Gasteiger partial charge in [0, 0.05) is 29.3 Å². The fourth-order valence-corrected chi connectivity index (χ4v) is 5.56. The summed E-state index contributed by atoms with van der Waals surface area (Å²) >= 11 is 0.